The van der Waals surface area contributed by atoms with Crippen molar-refractivity contribution in [2.75, 3.05) is 0 Å². The van der Waals surface area contributed by atoms with Gasteiger partial charge in [-0.05, 0) is 24.6 Å². The van der Waals surface area contributed by atoms with Crippen LogP contribution >= 0.6 is 15.9 Å². The van der Waals surface area contributed by atoms with Crippen molar-refractivity contribution >= 4 is 21.8 Å². The molecule has 1 heterocycles. The number of halogens is 1. The van der Waals surface area contributed by atoms with E-state index in [2.05, 4.69) is 26.2 Å². The molecule has 5 heteroatoms. The zero-order chi connectivity index (χ0) is 17.6. The number of nitrogens with one attached hydrogen (secondary N) is 1. The number of rotatable bonds is 6. The van der Waals surface area contributed by atoms with E-state index >= 15 is 0 Å². The molecule has 3 rings (SSSR count). The fourth-order valence-corrected chi connectivity index (χ4v) is 2.80. The van der Waals surface area contributed by atoms with E-state index in [-0.39, 0.29) is 11.9 Å². The lowest BCUT2D eigenvalue weighted by molar-refractivity contribution is -0.121. The van der Waals surface area contributed by atoms with Gasteiger partial charge in [-0.2, -0.15) is 0 Å². The van der Waals surface area contributed by atoms with Crippen molar-refractivity contribution in [2.24, 2.45) is 0 Å². The molecule has 128 valence electrons. The molecule has 0 unspecified atom stereocenters. The molecule has 0 saturated carbocycles. The molecular formula is C20H19BrN2O2. The highest BCUT2D eigenvalue weighted by molar-refractivity contribution is 9.10. The molecule has 1 amide bonds. The van der Waals surface area contributed by atoms with Crippen LogP contribution in [0.25, 0.3) is 11.3 Å². The predicted octanol–water partition coefficient (Wildman–Crippen LogP) is 4.91. The second kappa shape index (κ2) is 8.12. The third-order valence-corrected chi connectivity index (χ3v) is 4.45. The molecule has 0 aliphatic rings. The Morgan fingerprint density at radius 1 is 1.16 bits per heavy atom. The first-order valence-electron chi connectivity index (χ1n) is 8.17. The van der Waals surface area contributed by atoms with E-state index in [1.54, 1.807) is 6.20 Å². The van der Waals surface area contributed by atoms with Gasteiger partial charge >= 0.3 is 0 Å². The van der Waals surface area contributed by atoms with E-state index in [1.807, 2.05) is 61.5 Å². The maximum absolute atomic E-state index is 12.1. The molecular weight excluding hydrogens is 380 g/mol. The first kappa shape index (κ1) is 17.4. The number of carbonyl (C=O) groups is 1. The summed E-state index contributed by atoms with van der Waals surface area (Å²) in [5, 5.41) is 3.00. The van der Waals surface area contributed by atoms with Crippen molar-refractivity contribution in [3.63, 3.8) is 0 Å². The van der Waals surface area contributed by atoms with Crippen LogP contribution in [-0.4, -0.2) is 10.9 Å². The standard InChI is InChI=1S/C20H19BrN2O2/c1-14(15-5-3-2-4-6-15)23-19(24)11-12-20-22-13-18(25-20)16-7-9-17(21)10-8-16/h2-10,13-14H,11-12H2,1H3,(H,23,24)/t14-/m0/s1. The average molecular weight is 399 g/mol. The summed E-state index contributed by atoms with van der Waals surface area (Å²) in [6.07, 6.45) is 2.52. The van der Waals surface area contributed by atoms with Crippen LogP contribution in [0.4, 0.5) is 0 Å². The normalized spacial score (nSPS) is 11.9. The Morgan fingerprint density at radius 3 is 2.60 bits per heavy atom. The summed E-state index contributed by atoms with van der Waals surface area (Å²) in [4.78, 5) is 16.4. The number of carbonyl (C=O) groups excluding carboxylic acids is 1. The van der Waals surface area contributed by atoms with Crippen LogP contribution in [-0.2, 0) is 11.2 Å². The smallest absolute Gasteiger partial charge is 0.220 e. The van der Waals surface area contributed by atoms with Gasteiger partial charge in [-0.1, -0.05) is 58.4 Å². The molecule has 1 aromatic heterocycles. The van der Waals surface area contributed by atoms with E-state index in [4.69, 9.17) is 4.42 Å². The van der Waals surface area contributed by atoms with E-state index in [0.717, 1.165) is 15.6 Å². The third kappa shape index (κ3) is 4.79. The van der Waals surface area contributed by atoms with Crippen LogP contribution in [0.5, 0.6) is 0 Å². The minimum absolute atomic E-state index is 0.0141. The van der Waals surface area contributed by atoms with Crippen molar-refractivity contribution in [3.8, 4) is 11.3 Å². The highest BCUT2D eigenvalue weighted by Crippen LogP contribution is 2.23. The number of oxazole rings is 1. The van der Waals surface area contributed by atoms with Crippen LogP contribution in [0, 0.1) is 0 Å². The zero-order valence-corrected chi connectivity index (χ0v) is 15.5. The Kier molecular flexibility index (Phi) is 5.66. The van der Waals surface area contributed by atoms with E-state index in [0.29, 0.717) is 24.5 Å². The summed E-state index contributed by atoms with van der Waals surface area (Å²) in [6, 6.07) is 17.7. The Balaban J connectivity index is 1.53. The minimum Gasteiger partial charge on any atom is -0.441 e. The van der Waals surface area contributed by atoms with Crippen LogP contribution in [0.3, 0.4) is 0 Å². The van der Waals surface area contributed by atoms with Gasteiger partial charge in [0.25, 0.3) is 0 Å². The van der Waals surface area contributed by atoms with E-state index < -0.39 is 0 Å². The first-order chi connectivity index (χ1) is 12.1. The predicted molar refractivity (Wildman–Crippen MR) is 101 cm³/mol. The molecule has 1 N–H and O–H groups in total. The number of amides is 1. The van der Waals surface area contributed by atoms with Gasteiger partial charge in [-0.15, -0.1) is 0 Å². The van der Waals surface area contributed by atoms with Crippen LogP contribution < -0.4 is 5.32 Å². The maximum Gasteiger partial charge on any atom is 0.220 e. The lowest BCUT2D eigenvalue weighted by atomic mass is 10.1. The number of aromatic nitrogens is 1. The Bertz CT molecular complexity index is 828. The van der Waals surface area contributed by atoms with Crippen molar-refractivity contribution in [2.45, 2.75) is 25.8 Å². The van der Waals surface area contributed by atoms with Crippen molar-refractivity contribution in [1.29, 1.82) is 0 Å². The first-order valence-corrected chi connectivity index (χ1v) is 8.96. The SMILES string of the molecule is C[C@H](NC(=O)CCc1ncc(-c2ccc(Br)cc2)o1)c1ccccc1. The molecule has 0 aliphatic heterocycles. The van der Waals surface area contributed by atoms with Gasteiger partial charge < -0.3 is 9.73 Å². The molecule has 3 aromatic rings. The molecule has 0 bridgehead atoms. The minimum atomic E-state index is -0.0170. The summed E-state index contributed by atoms with van der Waals surface area (Å²) in [6.45, 7) is 1.98. The third-order valence-electron chi connectivity index (χ3n) is 3.93. The number of hydrogen-bond acceptors (Lipinski definition) is 3. The highest BCUT2D eigenvalue weighted by atomic mass is 79.9. The van der Waals surface area contributed by atoms with Gasteiger partial charge in [0.2, 0.25) is 5.91 Å². The lowest BCUT2D eigenvalue weighted by Crippen LogP contribution is -2.26. The molecule has 1 atom stereocenters. The second-order valence-corrected chi connectivity index (χ2v) is 6.74. The average Bonchev–Trinajstić information content (AvgIpc) is 3.10. The summed E-state index contributed by atoms with van der Waals surface area (Å²) < 4.78 is 6.76. The second-order valence-electron chi connectivity index (χ2n) is 5.83. The fraction of sp³-hybridized carbons (Fsp3) is 0.200. The molecule has 0 fully saturated rings. The number of hydrogen-bond donors (Lipinski definition) is 1. The molecule has 4 nitrogen and oxygen atoms in total. The van der Waals surface area contributed by atoms with E-state index in [9.17, 15) is 4.79 Å². The largest absolute Gasteiger partial charge is 0.441 e. The number of nitrogens with zero attached hydrogens (tertiary/aromatic N) is 1. The summed E-state index contributed by atoms with van der Waals surface area (Å²) in [7, 11) is 0. The van der Waals surface area contributed by atoms with Crippen LogP contribution in [0.15, 0.2) is 69.7 Å². The lowest BCUT2D eigenvalue weighted by Gasteiger charge is -2.13. The monoisotopic (exact) mass is 398 g/mol. The molecule has 0 aliphatic carbocycles. The fourth-order valence-electron chi connectivity index (χ4n) is 2.53. The Morgan fingerprint density at radius 2 is 1.88 bits per heavy atom. The topological polar surface area (TPSA) is 55.1 Å². The summed E-state index contributed by atoms with van der Waals surface area (Å²) in [5.74, 6) is 1.26. The van der Waals surface area contributed by atoms with Gasteiger partial charge in [0.15, 0.2) is 11.7 Å². The maximum atomic E-state index is 12.1. The Hall–Kier alpha value is -2.40. The van der Waals surface area contributed by atoms with Crippen LogP contribution in [0.1, 0.15) is 30.8 Å². The molecule has 0 radical (unpaired) electrons. The highest BCUT2D eigenvalue weighted by Gasteiger charge is 2.12. The van der Waals surface area contributed by atoms with Crippen LogP contribution in [0.2, 0.25) is 0 Å². The van der Waals surface area contributed by atoms with E-state index in [1.165, 1.54) is 0 Å². The Labute approximate surface area is 155 Å². The molecule has 2 aromatic carbocycles. The van der Waals surface area contributed by atoms with Gasteiger partial charge in [0.05, 0.1) is 12.2 Å². The van der Waals surface area contributed by atoms with Gasteiger partial charge in [0, 0.05) is 22.9 Å². The number of aryl methyl sites for hydroxylation is 1. The molecule has 25 heavy (non-hydrogen) atoms. The zero-order valence-electron chi connectivity index (χ0n) is 13.9. The molecule has 0 spiro atoms. The van der Waals surface area contributed by atoms with Crippen molar-refractivity contribution in [1.82, 2.24) is 10.3 Å². The van der Waals surface area contributed by atoms with Gasteiger partial charge in [-0.25, -0.2) is 4.98 Å². The van der Waals surface area contributed by atoms with Gasteiger partial charge in [0.1, 0.15) is 0 Å². The number of benzene rings is 2. The van der Waals surface area contributed by atoms with Crippen molar-refractivity contribution in [3.05, 3.63) is 76.7 Å². The van der Waals surface area contributed by atoms with Gasteiger partial charge in [-0.3, -0.25) is 4.79 Å². The summed E-state index contributed by atoms with van der Waals surface area (Å²) in [5.41, 5.74) is 2.05. The quantitative estimate of drug-likeness (QED) is 0.641. The molecule has 0 saturated heterocycles. The van der Waals surface area contributed by atoms with Crippen molar-refractivity contribution < 1.29 is 9.21 Å². The summed E-state index contributed by atoms with van der Waals surface area (Å²) >= 11 is 3.41.